The zero-order valence-electron chi connectivity index (χ0n) is 17.4. The number of carbonyl (C=O) groups is 1. The standard InChI is InChI=1S/C21H22F2N2O6S/c1-13-5-3-4-10-25(13)32(27,28)19-11-14(6-8-17(19)29-2)20(26)24-15-7-9-16-18(12-15)31-21(22,23)30-16/h6-9,11-13H,3-5,10H2,1-2H3,(H,24,26). The summed E-state index contributed by atoms with van der Waals surface area (Å²) in [5.74, 6) is -0.864. The number of nitrogens with one attached hydrogen (secondary N) is 1. The molecule has 0 bridgehead atoms. The number of fused-ring (bicyclic) bond motifs is 1. The Hall–Kier alpha value is -2.92. The van der Waals surface area contributed by atoms with E-state index in [2.05, 4.69) is 14.8 Å². The summed E-state index contributed by atoms with van der Waals surface area (Å²) in [5, 5.41) is 2.55. The van der Waals surface area contributed by atoms with Crippen LogP contribution in [0.1, 0.15) is 36.5 Å². The summed E-state index contributed by atoms with van der Waals surface area (Å²) >= 11 is 0. The van der Waals surface area contributed by atoms with Crippen LogP contribution >= 0.6 is 0 Å². The van der Waals surface area contributed by atoms with Crippen LogP contribution < -0.4 is 19.5 Å². The molecule has 0 saturated carbocycles. The van der Waals surface area contributed by atoms with Crippen molar-refractivity contribution in [3.05, 3.63) is 42.0 Å². The van der Waals surface area contributed by atoms with Gasteiger partial charge in [-0.3, -0.25) is 4.79 Å². The molecule has 2 heterocycles. The molecular formula is C21H22F2N2O6S. The van der Waals surface area contributed by atoms with Crippen molar-refractivity contribution in [2.45, 2.75) is 43.4 Å². The van der Waals surface area contributed by atoms with Crippen LogP contribution in [0.4, 0.5) is 14.5 Å². The fraction of sp³-hybridized carbons (Fsp3) is 0.381. The van der Waals surface area contributed by atoms with E-state index in [1.54, 1.807) is 0 Å². The zero-order valence-corrected chi connectivity index (χ0v) is 18.2. The first-order chi connectivity index (χ1) is 15.1. The molecule has 0 aliphatic carbocycles. The number of hydrogen-bond donors (Lipinski definition) is 1. The Balaban J connectivity index is 1.61. The van der Waals surface area contributed by atoms with Gasteiger partial charge in [0, 0.05) is 29.9 Å². The van der Waals surface area contributed by atoms with Crippen molar-refractivity contribution in [2.75, 3.05) is 19.0 Å². The number of sulfonamides is 1. The SMILES string of the molecule is COc1ccc(C(=O)Nc2ccc3c(c2)OC(F)(F)O3)cc1S(=O)(=O)N1CCCCC1C. The lowest BCUT2D eigenvalue weighted by molar-refractivity contribution is -0.286. The Morgan fingerprint density at radius 3 is 2.62 bits per heavy atom. The minimum Gasteiger partial charge on any atom is -0.495 e. The lowest BCUT2D eigenvalue weighted by atomic mass is 10.1. The number of piperidine rings is 1. The van der Waals surface area contributed by atoms with Gasteiger partial charge in [0.05, 0.1) is 7.11 Å². The highest BCUT2D eigenvalue weighted by atomic mass is 32.2. The molecule has 1 N–H and O–H groups in total. The van der Waals surface area contributed by atoms with E-state index in [0.717, 1.165) is 19.3 Å². The molecule has 2 aromatic rings. The van der Waals surface area contributed by atoms with Crippen molar-refractivity contribution in [3.63, 3.8) is 0 Å². The smallest absolute Gasteiger partial charge is 0.495 e. The molecule has 11 heteroatoms. The number of alkyl halides is 2. The monoisotopic (exact) mass is 468 g/mol. The Morgan fingerprint density at radius 2 is 1.91 bits per heavy atom. The Kier molecular flexibility index (Phi) is 5.72. The highest BCUT2D eigenvalue weighted by Crippen LogP contribution is 2.42. The van der Waals surface area contributed by atoms with Crippen molar-refractivity contribution in [3.8, 4) is 17.2 Å². The van der Waals surface area contributed by atoms with Gasteiger partial charge in [-0.05, 0) is 50.1 Å². The van der Waals surface area contributed by atoms with E-state index < -0.39 is 22.2 Å². The third kappa shape index (κ3) is 4.22. The first-order valence-corrected chi connectivity index (χ1v) is 11.5. The van der Waals surface area contributed by atoms with Gasteiger partial charge in [0.1, 0.15) is 10.6 Å². The van der Waals surface area contributed by atoms with Crippen molar-refractivity contribution in [2.24, 2.45) is 0 Å². The molecule has 8 nitrogen and oxygen atoms in total. The molecular weight excluding hydrogens is 446 g/mol. The van der Waals surface area contributed by atoms with Crippen LogP contribution in [0.3, 0.4) is 0 Å². The summed E-state index contributed by atoms with van der Waals surface area (Å²) in [6, 6.07) is 7.75. The van der Waals surface area contributed by atoms with Crippen LogP contribution in [0.2, 0.25) is 0 Å². The van der Waals surface area contributed by atoms with Gasteiger partial charge in [-0.15, -0.1) is 8.78 Å². The minimum atomic E-state index is -3.90. The number of halogens is 2. The first-order valence-electron chi connectivity index (χ1n) is 10.0. The average molecular weight is 468 g/mol. The molecule has 4 rings (SSSR count). The van der Waals surface area contributed by atoms with Gasteiger partial charge >= 0.3 is 6.29 Å². The molecule has 32 heavy (non-hydrogen) atoms. The van der Waals surface area contributed by atoms with E-state index in [1.807, 2.05) is 6.92 Å². The van der Waals surface area contributed by atoms with Gasteiger partial charge in [0.15, 0.2) is 11.5 Å². The highest BCUT2D eigenvalue weighted by Gasteiger charge is 2.43. The number of methoxy groups -OCH3 is 1. The van der Waals surface area contributed by atoms with Crippen molar-refractivity contribution in [1.29, 1.82) is 0 Å². The van der Waals surface area contributed by atoms with Gasteiger partial charge in [0.25, 0.3) is 5.91 Å². The number of amides is 1. The number of anilines is 1. The predicted octanol–water partition coefficient (Wildman–Crippen LogP) is 3.83. The molecule has 2 aliphatic heterocycles. The minimum absolute atomic E-state index is 0.0667. The topological polar surface area (TPSA) is 94.2 Å². The molecule has 0 aromatic heterocycles. The first kappa shape index (κ1) is 22.3. The zero-order chi connectivity index (χ0) is 23.1. The van der Waals surface area contributed by atoms with Crippen LogP contribution in [0.15, 0.2) is 41.3 Å². The third-order valence-electron chi connectivity index (χ3n) is 5.41. The van der Waals surface area contributed by atoms with Crippen LogP contribution in [-0.4, -0.2) is 44.6 Å². The summed E-state index contributed by atoms with van der Waals surface area (Å²) in [7, 11) is -2.54. The van der Waals surface area contributed by atoms with Crippen molar-refractivity contribution >= 4 is 21.6 Å². The normalized spacial score (nSPS) is 20.1. The molecule has 1 saturated heterocycles. The number of rotatable bonds is 5. The second-order valence-electron chi connectivity index (χ2n) is 7.61. The van der Waals surface area contributed by atoms with Crippen molar-refractivity contribution in [1.82, 2.24) is 4.31 Å². The third-order valence-corrected chi connectivity index (χ3v) is 7.45. The number of ether oxygens (including phenoxy) is 3. The summed E-state index contributed by atoms with van der Waals surface area (Å²) in [5.41, 5.74) is 0.247. The van der Waals surface area contributed by atoms with Gasteiger partial charge in [0.2, 0.25) is 10.0 Å². The molecule has 1 unspecified atom stereocenters. The molecule has 2 aromatic carbocycles. The van der Waals surface area contributed by atoms with E-state index >= 15 is 0 Å². The largest absolute Gasteiger partial charge is 0.586 e. The number of hydrogen-bond acceptors (Lipinski definition) is 6. The second kappa shape index (κ2) is 8.21. The number of carbonyl (C=O) groups excluding carboxylic acids is 1. The summed E-state index contributed by atoms with van der Waals surface area (Å²) in [6.45, 7) is 2.24. The maximum atomic E-state index is 13.3. The van der Waals surface area contributed by atoms with E-state index in [-0.39, 0.29) is 39.4 Å². The van der Waals surface area contributed by atoms with E-state index in [0.29, 0.717) is 6.54 Å². The molecule has 1 fully saturated rings. The van der Waals surface area contributed by atoms with Gasteiger partial charge in [-0.1, -0.05) is 6.42 Å². The molecule has 0 spiro atoms. The summed E-state index contributed by atoms with van der Waals surface area (Å²) in [6.07, 6.45) is -1.30. The summed E-state index contributed by atoms with van der Waals surface area (Å²) < 4.78 is 68.4. The Morgan fingerprint density at radius 1 is 1.16 bits per heavy atom. The molecule has 172 valence electrons. The molecule has 1 amide bonds. The van der Waals surface area contributed by atoms with Crippen LogP contribution in [0.25, 0.3) is 0 Å². The summed E-state index contributed by atoms with van der Waals surface area (Å²) in [4.78, 5) is 12.7. The van der Waals surface area contributed by atoms with Gasteiger partial charge < -0.3 is 19.5 Å². The van der Waals surface area contributed by atoms with Crippen LogP contribution in [0, 0.1) is 0 Å². The Bertz CT molecular complexity index is 1150. The van der Waals surface area contributed by atoms with Gasteiger partial charge in [-0.25, -0.2) is 8.42 Å². The lowest BCUT2D eigenvalue weighted by Crippen LogP contribution is -2.42. The fourth-order valence-electron chi connectivity index (χ4n) is 3.80. The maximum absolute atomic E-state index is 13.3. The van der Waals surface area contributed by atoms with E-state index in [4.69, 9.17) is 4.74 Å². The fourth-order valence-corrected chi connectivity index (χ4v) is 5.69. The molecule has 0 radical (unpaired) electrons. The maximum Gasteiger partial charge on any atom is 0.586 e. The second-order valence-corrected chi connectivity index (χ2v) is 9.47. The average Bonchev–Trinajstić information content (AvgIpc) is 3.06. The van der Waals surface area contributed by atoms with Crippen molar-refractivity contribution < 1.29 is 36.2 Å². The van der Waals surface area contributed by atoms with Crippen LogP contribution in [0.5, 0.6) is 17.2 Å². The molecule has 2 aliphatic rings. The van der Waals surface area contributed by atoms with Gasteiger partial charge in [-0.2, -0.15) is 4.31 Å². The van der Waals surface area contributed by atoms with Crippen LogP contribution in [-0.2, 0) is 10.0 Å². The number of benzene rings is 2. The Labute approximate surface area is 184 Å². The number of nitrogens with zero attached hydrogens (tertiary/aromatic N) is 1. The van der Waals surface area contributed by atoms with E-state index in [9.17, 15) is 22.0 Å². The molecule has 1 atom stereocenters. The highest BCUT2D eigenvalue weighted by molar-refractivity contribution is 7.89. The predicted molar refractivity (Wildman–Crippen MR) is 111 cm³/mol. The lowest BCUT2D eigenvalue weighted by Gasteiger charge is -2.32. The van der Waals surface area contributed by atoms with E-state index in [1.165, 1.54) is 47.8 Å². The quantitative estimate of drug-likeness (QED) is 0.717.